The molecule has 7 heteroatoms. The summed E-state index contributed by atoms with van der Waals surface area (Å²) in [6, 6.07) is 20.1. The SMILES string of the molecule is Cc1ccc(C(=O)NCc2ccc(Cl)cc2)cc1NC(=O)c1nsc2ccccc12. The molecular weight excluding hydrogens is 418 g/mol. The molecule has 0 aliphatic carbocycles. The summed E-state index contributed by atoms with van der Waals surface area (Å²) in [6.07, 6.45) is 0. The quantitative estimate of drug-likeness (QED) is 0.438. The lowest BCUT2D eigenvalue weighted by Crippen LogP contribution is -2.23. The molecular formula is C23H18ClN3O2S. The highest BCUT2D eigenvalue weighted by Crippen LogP contribution is 2.24. The predicted molar refractivity (Wildman–Crippen MR) is 121 cm³/mol. The fourth-order valence-electron chi connectivity index (χ4n) is 3.02. The van der Waals surface area contributed by atoms with Gasteiger partial charge < -0.3 is 10.6 Å². The van der Waals surface area contributed by atoms with Crippen LogP contribution in [0.3, 0.4) is 0 Å². The third kappa shape index (κ3) is 4.35. The third-order valence-corrected chi connectivity index (χ3v) is 5.79. The molecule has 0 spiro atoms. The van der Waals surface area contributed by atoms with Gasteiger partial charge in [0, 0.05) is 28.2 Å². The maximum Gasteiger partial charge on any atom is 0.276 e. The van der Waals surface area contributed by atoms with Gasteiger partial charge in [0.2, 0.25) is 0 Å². The number of rotatable bonds is 5. The van der Waals surface area contributed by atoms with Gasteiger partial charge >= 0.3 is 0 Å². The second-order valence-corrected chi connectivity index (χ2v) is 8.06. The third-order valence-electron chi connectivity index (χ3n) is 4.71. The number of carbonyl (C=O) groups is 2. The molecule has 2 amide bonds. The number of aromatic nitrogens is 1. The summed E-state index contributed by atoms with van der Waals surface area (Å²) in [7, 11) is 0. The molecule has 0 fully saturated rings. The van der Waals surface area contributed by atoms with Crippen LogP contribution in [-0.2, 0) is 6.54 Å². The molecule has 0 saturated heterocycles. The van der Waals surface area contributed by atoms with E-state index in [9.17, 15) is 9.59 Å². The second kappa shape index (κ2) is 8.65. The zero-order valence-electron chi connectivity index (χ0n) is 16.1. The van der Waals surface area contributed by atoms with Crippen LogP contribution in [0.25, 0.3) is 10.1 Å². The summed E-state index contributed by atoms with van der Waals surface area (Å²) in [6.45, 7) is 2.26. The van der Waals surface area contributed by atoms with Crippen molar-refractivity contribution in [2.45, 2.75) is 13.5 Å². The number of halogens is 1. The van der Waals surface area contributed by atoms with Crippen LogP contribution in [-0.4, -0.2) is 16.2 Å². The minimum Gasteiger partial charge on any atom is -0.348 e. The standard InChI is InChI=1S/C23H18ClN3O2S/c1-14-6-9-16(22(28)25-13-15-7-10-17(24)11-8-15)12-19(14)26-23(29)21-18-4-2-3-5-20(18)30-27-21/h2-12H,13H2,1H3,(H,25,28)(H,26,29). The zero-order chi connectivity index (χ0) is 21.1. The number of nitrogens with zero attached hydrogens (tertiary/aromatic N) is 1. The number of hydrogen-bond donors (Lipinski definition) is 2. The highest BCUT2D eigenvalue weighted by Gasteiger charge is 2.16. The summed E-state index contributed by atoms with van der Waals surface area (Å²) < 4.78 is 5.24. The van der Waals surface area contributed by atoms with Crippen LogP contribution in [0.2, 0.25) is 5.02 Å². The van der Waals surface area contributed by atoms with Gasteiger partial charge in [-0.25, -0.2) is 0 Å². The first-order valence-electron chi connectivity index (χ1n) is 9.30. The number of amides is 2. The van der Waals surface area contributed by atoms with Crippen molar-refractivity contribution in [1.82, 2.24) is 9.69 Å². The molecule has 1 heterocycles. The van der Waals surface area contributed by atoms with Gasteiger partial charge in [-0.3, -0.25) is 9.59 Å². The Hall–Kier alpha value is -3.22. The molecule has 30 heavy (non-hydrogen) atoms. The van der Waals surface area contributed by atoms with E-state index in [-0.39, 0.29) is 11.8 Å². The molecule has 0 unspecified atom stereocenters. The normalized spacial score (nSPS) is 10.7. The topological polar surface area (TPSA) is 71.1 Å². The molecule has 0 aliphatic rings. The van der Waals surface area contributed by atoms with Crippen molar-refractivity contribution in [2.75, 3.05) is 5.32 Å². The maximum absolute atomic E-state index is 12.8. The van der Waals surface area contributed by atoms with Crippen LogP contribution in [0.5, 0.6) is 0 Å². The highest BCUT2D eigenvalue weighted by molar-refractivity contribution is 7.13. The Bertz CT molecular complexity index is 1230. The van der Waals surface area contributed by atoms with Gasteiger partial charge in [-0.15, -0.1) is 0 Å². The van der Waals surface area contributed by atoms with Crippen LogP contribution in [0, 0.1) is 6.92 Å². The van der Waals surface area contributed by atoms with Crippen molar-refractivity contribution in [3.8, 4) is 0 Å². The molecule has 150 valence electrons. The van der Waals surface area contributed by atoms with Crippen LogP contribution in [0.4, 0.5) is 5.69 Å². The fraction of sp³-hybridized carbons (Fsp3) is 0.0870. The lowest BCUT2D eigenvalue weighted by atomic mass is 10.1. The first-order valence-corrected chi connectivity index (χ1v) is 10.5. The Balaban J connectivity index is 1.49. The van der Waals surface area contributed by atoms with E-state index < -0.39 is 0 Å². The number of anilines is 1. The summed E-state index contributed by atoms with van der Waals surface area (Å²) in [5.41, 5.74) is 3.23. The van der Waals surface area contributed by atoms with E-state index in [0.29, 0.717) is 28.5 Å². The van der Waals surface area contributed by atoms with Gasteiger partial charge in [-0.05, 0) is 59.9 Å². The summed E-state index contributed by atoms with van der Waals surface area (Å²) in [5.74, 6) is -0.520. The van der Waals surface area contributed by atoms with E-state index in [1.807, 2.05) is 49.4 Å². The van der Waals surface area contributed by atoms with Crippen molar-refractivity contribution in [1.29, 1.82) is 0 Å². The molecule has 0 atom stereocenters. The van der Waals surface area contributed by atoms with Crippen LogP contribution in [0.15, 0.2) is 66.7 Å². The van der Waals surface area contributed by atoms with Crippen LogP contribution >= 0.6 is 23.1 Å². The molecule has 4 rings (SSSR count). The summed E-state index contributed by atoms with van der Waals surface area (Å²) in [4.78, 5) is 25.4. The average Bonchev–Trinajstić information content (AvgIpc) is 3.19. The molecule has 1 aromatic heterocycles. The van der Waals surface area contributed by atoms with E-state index in [0.717, 1.165) is 21.2 Å². The molecule has 5 nitrogen and oxygen atoms in total. The average molecular weight is 436 g/mol. The highest BCUT2D eigenvalue weighted by atomic mass is 35.5. The smallest absolute Gasteiger partial charge is 0.276 e. The number of benzene rings is 3. The van der Waals surface area contributed by atoms with Gasteiger partial charge in [-0.1, -0.05) is 48.0 Å². The van der Waals surface area contributed by atoms with Gasteiger partial charge in [0.15, 0.2) is 0 Å². The molecule has 0 aliphatic heterocycles. The second-order valence-electron chi connectivity index (χ2n) is 6.82. The first kappa shape index (κ1) is 20.1. The zero-order valence-corrected chi connectivity index (χ0v) is 17.7. The van der Waals surface area contributed by atoms with Crippen molar-refractivity contribution >= 4 is 50.7 Å². The number of nitrogens with one attached hydrogen (secondary N) is 2. The Morgan fingerprint density at radius 1 is 1.00 bits per heavy atom. The van der Waals surface area contributed by atoms with E-state index in [4.69, 9.17) is 11.6 Å². The molecule has 0 saturated carbocycles. The lowest BCUT2D eigenvalue weighted by Gasteiger charge is -2.11. The Labute approximate surface area is 182 Å². The van der Waals surface area contributed by atoms with Crippen molar-refractivity contribution in [3.63, 3.8) is 0 Å². The van der Waals surface area contributed by atoms with Crippen LogP contribution in [0.1, 0.15) is 32.0 Å². The summed E-state index contributed by atoms with van der Waals surface area (Å²) >= 11 is 7.17. The number of hydrogen-bond acceptors (Lipinski definition) is 4. The van der Waals surface area contributed by atoms with E-state index in [1.54, 1.807) is 24.3 Å². The van der Waals surface area contributed by atoms with Crippen LogP contribution < -0.4 is 10.6 Å². The lowest BCUT2D eigenvalue weighted by molar-refractivity contribution is 0.0949. The molecule has 3 aromatic carbocycles. The molecule has 0 bridgehead atoms. The minimum absolute atomic E-state index is 0.223. The van der Waals surface area contributed by atoms with E-state index >= 15 is 0 Å². The van der Waals surface area contributed by atoms with E-state index in [1.165, 1.54) is 11.5 Å². The van der Waals surface area contributed by atoms with Gasteiger partial charge in [-0.2, -0.15) is 4.37 Å². The monoisotopic (exact) mass is 435 g/mol. The Morgan fingerprint density at radius 2 is 1.77 bits per heavy atom. The predicted octanol–water partition coefficient (Wildman–Crippen LogP) is 5.44. The Kier molecular flexibility index (Phi) is 5.79. The number of fused-ring (bicyclic) bond motifs is 1. The van der Waals surface area contributed by atoms with Gasteiger partial charge in [0.1, 0.15) is 5.69 Å². The first-order chi connectivity index (χ1) is 14.5. The minimum atomic E-state index is -0.297. The van der Waals surface area contributed by atoms with E-state index in [2.05, 4.69) is 15.0 Å². The molecule has 0 radical (unpaired) electrons. The van der Waals surface area contributed by atoms with Gasteiger partial charge in [0.25, 0.3) is 11.8 Å². The Morgan fingerprint density at radius 3 is 2.57 bits per heavy atom. The number of aryl methyl sites for hydroxylation is 1. The van der Waals surface area contributed by atoms with Crippen molar-refractivity contribution in [2.24, 2.45) is 0 Å². The largest absolute Gasteiger partial charge is 0.348 e. The maximum atomic E-state index is 12.8. The van der Waals surface area contributed by atoms with Crippen molar-refractivity contribution in [3.05, 3.63) is 94.1 Å². The number of carbonyl (C=O) groups excluding carboxylic acids is 2. The van der Waals surface area contributed by atoms with Crippen molar-refractivity contribution < 1.29 is 9.59 Å². The molecule has 4 aromatic rings. The fourth-order valence-corrected chi connectivity index (χ4v) is 3.92. The van der Waals surface area contributed by atoms with Gasteiger partial charge in [0.05, 0.1) is 4.70 Å². The molecule has 2 N–H and O–H groups in total. The summed E-state index contributed by atoms with van der Waals surface area (Å²) in [5, 5.41) is 7.24.